The van der Waals surface area contributed by atoms with Gasteiger partial charge in [-0.25, -0.2) is 4.39 Å². The predicted octanol–water partition coefficient (Wildman–Crippen LogP) is 4.40. The Bertz CT molecular complexity index is 1150. The van der Waals surface area contributed by atoms with Crippen molar-refractivity contribution in [1.82, 2.24) is 5.16 Å². The molecule has 0 bridgehead atoms. The number of carbonyl (C=O) groups is 2. The van der Waals surface area contributed by atoms with E-state index in [1.807, 2.05) is 0 Å². The molecule has 4 rings (SSSR count). The highest BCUT2D eigenvalue weighted by Gasteiger charge is 2.48. The summed E-state index contributed by atoms with van der Waals surface area (Å²) in [7, 11) is 0. The van der Waals surface area contributed by atoms with Gasteiger partial charge >= 0.3 is 5.91 Å². The molecule has 1 aliphatic rings. The van der Waals surface area contributed by atoms with Crippen LogP contribution >= 0.6 is 11.6 Å². The highest BCUT2D eigenvalue weighted by atomic mass is 35.5. The second-order valence-corrected chi connectivity index (χ2v) is 6.93. The first-order valence-electron chi connectivity index (χ1n) is 8.63. The minimum absolute atomic E-state index is 0.0443. The number of rotatable bonds is 3. The summed E-state index contributed by atoms with van der Waals surface area (Å²) in [5.41, 5.74) is 0.0658. The lowest BCUT2D eigenvalue weighted by molar-refractivity contribution is -0.132. The molecule has 1 amide bonds. The molecule has 3 aromatic rings. The molecule has 0 aliphatic carbocycles. The number of aromatic nitrogens is 1. The molecular weight excluding hydrogens is 399 g/mol. The first-order chi connectivity index (χ1) is 13.9. The van der Waals surface area contributed by atoms with Crippen molar-refractivity contribution in [2.75, 3.05) is 4.90 Å². The number of hydrogen-bond acceptors (Lipinski definition) is 5. The Morgan fingerprint density at radius 1 is 1.17 bits per heavy atom. The number of Topliss-reactive ketones (excluding diaryl/α,β-unsaturated/α-hetero) is 1. The standard InChI is InChI=1S/C21H14ClFN2O4/c1-11-10-16(24-29-11)25-18(14-4-2-3-5-15(14)23)17(20(27)21(25)28)19(26)12-6-8-13(22)9-7-12/h2-10,18,26H,1H3/b19-17+. The summed E-state index contributed by atoms with van der Waals surface area (Å²) < 4.78 is 19.7. The van der Waals surface area contributed by atoms with Gasteiger partial charge < -0.3 is 9.63 Å². The fourth-order valence-electron chi connectivity index (χ4n) is 3.29. The van der Waals surface area contributed by atoms with Crippen LogP contribution in [0.5, 0.6) is 0 Å². The third-order valence-corrected chi connectivity index (χ3v) is 4.88. The van der Waals surface area contributed by atoms with Gasteiger partial charge in [-0.15, -0.1) is 0 Å². The number of hydrogen-bond donors (Lipinski definition) is 1. The lowest BCUT2D eigenvalue weighted by atomic mass is 9.95. The fraction of sp³-hybridized carbons (Fsp3) is 0.0952. The van der Waals surface area contributed by atoms with E-state index >= 15 is 0 Å². The lowest BCUT2D eigenvalue weighted by Crippen LogP contribution is -2.30. The molecule has 1 N–H and O–H groups in total. The molecule has 2 aromatic carbocycles. The Morgan fingerprint density at radius 3 is 2.48 bits per heavy atom. The molecule has 8 heteroatoms. The van der Waals surface area contributed by atoms with Crippen LogP contribution in [0.15, 0.2) is 64.7 Å². The number of aliphatic hydroxyl groups is 1. The van der Waals surface area contributed by atoms with E-state index < -0.39 is 29.3 Å². The molecule has 1 saturated heterocycles. The first-order valence-corrected chi connectivity index (χ1v) is 9.01. The monoisotopic (exact) mass is 412 g/mol. The van der Waals surface area contributed by atoms with Gasteiger partial charge in [0.25, 0.3) is 5.78 Å². The van der Waals surface area contributed by atoms with Crippen molar-refractivity contribution in [3.05, 3.63) is 87.9 Å². The average molecular weight is 413 g/mol. The van der Waals surface area contributed by atoms with Crippen LogP contribution in [0.2, 0.25) is 5.02 Å². The number of carbonyl (C=O) groups excluding carboxylic acids is 2. The molecule has 1 aromatic heterocycles. The summed E-state index contributed by atoms with van der Waals surface area (Å²) in [4.78, 5) is 26.7. The van der Waals surface area contributed by atoms with E-state index in [2.05, 4.69) is 5.16 Å². The Labute approximate surface area is 169 Å². The zero-order chi connectivity index (χ0) is 20.7. The van der Waals surface area contributed by atoms with Crippen LogP contribution in [-0.4, -0.2) is 22.0 Å². The molecular formula is C21H14ClFN2O4. The maximum Gasteiger partial charge on any atom is 0.301 e. The lowest BCUT2D eigenvalue weighted by Gasteiger charge is -2.23. The molecule has 1 fully saturated rings. The molecule has 1 atom stereocenters. The zero-order valence-electron chi connectivity index (χ0n) is 15.1. The molecule has 2 heterocycles. The molecule has 146 valence electrons. The normalized spacial score (nSPS) is 18.4. The zero-order valence-corrected chi connectivity index (χ0v) is 15.9. The fourth-order valence-corrected chi connectivity index (χ4v) is 3.42. The van der Waals surface area contributed by atoms with E-state index in [9.17, 15) is 19.1 Å². The number of nitrogens with zero attached hydrogens (tertiary/aromatic N) is 2. The predicted molar refractivity (Wildman–Crippen MR) is 104 cm³/mol. The maximum atomic E-state index is 14.7. The topological polar surface area (TPSA) is 83.6 Å². The van der Waals surface area contributed by atoms with Crippen molar-refractivity contribution in [2.24, 2.45) is 0 Å². The van der Waals surface area contributed by atoms with Crippen LogP contribution in [0.1, 0.15) is 22.9 Å². The number of aliphatic hydroxyl groups excluding tert-OH is 1. The highest BCUT2D eigenvalue weighted by molar-refractivity contribution is 6.51. The van der Waals surface area contributed by atoms with Crippen LogP contribution in [-0.2, 0) is 9.59 Å². The van der Waals surface area contributed by atoms with Crippen molar-refractivity contribution in [1.29, 1.82) is 0 Å². The number of benzene rings is 2. The largest absolute Gasteiger partial charge is 0.507 e. The summed E-state index contributed by atoms with van der Waals surface area (Å²) in [5, 5.41) is 15.1. The summed E-state index contributed by atoms with van der Waals surface area (Å²) in [6.07, 6.45) is 0. The van der Waals surface area contributed by atoms with Crippen LogP contribution in [0.4, 0.5) is 10.2 Å². The maximum absolute atomic E-state index is 14.7. The smallest absolute Gasteiger partial charge is 0.301 e. The first kappa shape index (κ1) is 18.9. The molecule has 1 unspecified atom stereocenters. The van der Waals surface area contributed by atoms with E-state index in [1.54, 1.807) is 13.0 Å². The van der Waals surface area contributed by atoms with Crippen LogP contribution < -0.4 is 4.90 Å². The average Bonchev–Trinajstić information content (AvgIpc) is 3.23. The van der Waals surface area contributed by atoms with Gasteiger partial charge in [0.1, 0.15) is 17.3 Å². The summed E-state index contributed by atoms with van der Waals surface area (Å²) >= 11 is 5.88. The minimum Gasteiger partial charge on any atom is -0.507 e. The second-order valence-electron chi connectivity index (χ2n) is 6.49. The minimum atomic E-state index is -1.21. The Morgan fingerprint density at radius 2 is 1.86 bits per heavy atom. The SMILES string of the molecule is Cc1cc(N2C(=O)C(=O)/C(=C(/O)c3ccc(Cl)cc3)C2c2ccccc2F)no1. The Kier molecular flexibility index (Phi) is 4.68. The second kappa shape index (κ2) is 7.18. The molecule has 0 saturated carbocycles. The third-order valence-electron chi connectivity index (χ3n) is 4.62. The van der Waals surface area contributed by atoms with Crippen LogP contribution in [0.25, 0.3) is 5.76 Å². The van der Waals surface area contributed by atoms with Gasteiger partial charge in [0.15, 0.2) is 5.82 Å². The number of aryl methyl sites for hydroxylation is 1. The van der Waals surface area contributed by atoms with E-state index in [0.717, 1.165) is 4.90 Å². The van der Waals surface area contributed by atoms with Crippen molar-refractivity contribution in [3.63, 3.8) is 0 Å². The van der Waals surface area contributed by atoms with Crippen LogP contribution in [0.3, 0.4) is 0 Å². The van der Waals surface area contributed by atoms with E-state index in [0.29, 0.717) is 10.8 Å². The van der Waals surface area contributed by atoms with Crippen molar-refractivity contribution < 1.29 is 23.6 Å². The molecule has 29 heavy (non-hydrogen) atoms. The van der Waals surface area contributed by atoms with Gasteiger partial charge in [-0.05, 0) is 37.3 Å². The number of ketones is 1. The van der Waals surface area contributed by atoms with E-state index in [4.69, 9.17) is 16.1 Å². The molecule has 1 aliphatic heterocycles. The molecule has 0 radical (unpaired) electrons. The van der Waals surface area contributed by atoms with E-state index in [1.165, 1.54) is 48.5 Å². The molecule has 0 spiro atoms. The van der Waals surface area contributed by atoms with Gasteiger partial charge in [0.2, 0.25) is 0 Å². The van der Waals surface area contributed by atoms with E-state index in [-0.39, 0.29) is 22.5 Å². The van der Waals surface area contributed by atoms with Crippen LogP contribution in [0, 0.1) is 12.7 Å². The van der Waals surface area contributed by atoms with Gasteiger partial charge in [-0.3, -0.25) is 14.5 Å². The summed E-state index contributed by atoms with van der Waals surface area (Å²) in [6, 6.07) is 12.1. The third kappa shape index (κ3) is 3.19. The Hall–Kier alpha value is -3.45. The number of anilines is 1. The quantitative estimate of drug-likeness (QED) is 0.391. The van der Waals surface area contributed by atoms with Gasteiger partial charge in [-0.2, -0.15) is 0 Å². The van der Waals surface area contributed by atoms with Crippen molar-refractivity contribution >= 4 is 34.9 Å². The van der Waals surface area contributed by atoms with Crippen molar-refractivity contribution in [3.8, 4) is 0 Å². The Balaban J connectivity index is 1.97. The van der Waals surface area contributed by atoms with Gasteiger partial charge in [0, 0.05) is 22.2 Å². The van der Waals surface area contributed by atoms with Gasteiger partial charge in [0.05, 0.1) is 11.6 Å². The molecule has 6 nitrogen and oxygen atoms in total. The summed E-state index contributed by atoms with van der Waals surface area (Å²) in [6.45, 7) is 1.62. The summed E-state index contributed by atoms with van der Waals surface area (Å²) in [5.74, 6) is -2.50. The number of amides is 1. The van der Waals surface area contributed by atoms with Crippen molar-refractivity contribution in [2.45, 2.75) is 13.0 Å². The highest BCUT2D eigenvalue weighted by Crippen LogP contribution is 2.42. The number of halogens is 2. The van der Waals surface area contributed by atoms with Gasteiger partial charge in [-0.1, -0.05) is 35.0 Å².